The van der Waals surface area contributed by atoms with Crippen molar-refractivity contribution in [3.8, 4) is 0 Å². The first kappa shape index (κ1) is 18.7. The number of nitrogens with zero attached hydrogens (tertiary/aromatic N) is 2. The van der Waals surface area contributed by atoms with E-state index in [4.69, 9.17) is 0 Å². The molecule has 2 atom stereocenters. The minimum Gasteiger partial charge on any atom is -0.352 e. The number of hydrogen-bond donors (Lipinski definition) is 1. The van der Waals surface area contributed by atoms with Gasteiger partial charge in [0.15, 0.2) is 0 Å². The van der Waals surface area contributed by atoms with Gasteiger partial charge in [-0.3, -0.25) is 9.69 Å². The lowest BCUT2D eigenvalue weighted by atomic mass is 9.87. The van der Waals surface area contributed by atoms with Crippen LogP contribution in [0.5, 0.6) is 0 Å². The van der Waals surface area contributed by atoms with Crippen LogP contribution in [0.2, 0.25) is 0 Å². The maximum atomic E-state index is 12.5. The predicted octanol–water partition coefficient (Wildman–Crippen LogP) is 2.88. The quantitative estimate of drug-likeness (QED) is 0.816. The molecule has 0 aromatic carbocycles. The van der Waals surface area contributed by atoms with E-state index in [2.05, 4.69) is 36.1 Å². The smallest absolute Gasteiger partial charge is 0.237 e. The van der Waals surface area contributed by atoms with Crippen LogP contribution >= 0.6 is 0 Å². The van der Waals surface area contributed by atoms with Crippen LogP contribution in [0.1, 0.15) is 65.2 Å². The van der Waals surface area contributed by atoms with Gasteiger partial charge in [-0.25, -0.2) is 0 Å². The largest absolute Gasteiger partial charge is 0.352 e. The highest BCUT2D eigenvalue weighted by Crippen LogP contribution is 2.23. The summed E-state index contributed by atoms with van der Waals surface area (Å²) in [5.41, 5.74) is 0. The van der Waals surface area contributed by atoms with Gasteiger partial charge in [0.1, 0.15) is 0 Å². The second-order valence-corrected chi connectivity index (χ2v) is 8.04. The van der Waals surface area contributed by atoms with Crippen LogP contribution in [-0.4, -0.2) is 61.0 Å². The second-order valence-electron chi connectivity index (χ2n) is 8.04. The van der Waals surface area contributed by atoms with Crippen molar-refractivity contribution in [1.82, 2.24) is 15.1 Å². The zero-order valence-corrected chi connectivity index (χ0v) is 15.7. The first-order valence-corrected chi connectivity index (χ1v) is 9.68. The van der Waals surface area contributed by atoms with Gasteiger partial charge in [-0.2, -0.15) is 0 Å². The molecule has 4 nitrogen and oxygen atoms in total. The Labute approximate surface area is 143 Å². The number of carbonyl (C=O) groups excluding carboxylic acids is 1. The Kier molecular flexibility index (Phi) is 7.35. The number of piperidine rings is 1. The van der Waals surface area contributed by atoms with E-state index in [0.29, 0.717) is 12.1 Å². The summed E-state index contributed by atoms with van der Waals surface area (Å²) in [5.74, 6) is 1.04. The summed E-state index contributed by atoms with van der Waals surface area (Å²) >= 11 is 0. The lowest BCUT2D eigenvalue weighted by Crippen LogP contribution is -2.48. The third-order valence-electron chi connectivity index (χ3n) is 6.14. The van der Waals surface area contributed by atoms with Crippen molar-refractivity contribution in [3.05, 3.63) is 0 Å². The number of likely N-dealkylation sites (tertiary alicyclic amines) is 1. The van der Waals surface area contributed by atoms with Crippen molar-refractivity contribution >= 4 is 5.91 Å². The van der Waals surface area contributed by atoms with Crippen LogP contribution in [0, 0.1) is 5.92 Å². The normalized spacial score (nSPS) is 31.1. The molecule has 1 saturated heterocycles. The van der Waals surface area contributed by atoms with Gasteiger partial charge in [0.25, 0.3) is 0 Å². The van der Waals surface area contributed by atoms with E-state index >= 15 is 0 Å². The van der Waals surface area contributed by atoms with Crippen LogP contribution < -0.4 is 5.32 Å². The van der Waals surface area contributed by atoms with Crippen LogP contribution in [0.15, 0.2) is 0 Å². The van der Waals surface area contributed by atoms with E-state index in [-0.39, 0.29) is 11.9 Å². The zero-order valence-electron chi connectivity index (χ0n) is 15.7. The fraction of sp³-hybridized carbons (Fsp3) is 0.947. The summed E-state index contributed by atoms with van der Waals surface area (Å²) in [7, 11) is 4.33. The molecule has 0 bridgehead atoms. The lowest BCUT2D eigenvalue weighted by Gasteiger charge is -2.35. The molecule has 134 valence electrons. The molecule has 1 N–H and O–H groups in total. The molecule has 0 unspecified atom stereocenters. The summed E-state index contributed by atoms with van der Waals surface area (Å²) in [6, 6.07) is 1.07. The molecular weight excluding hydrogens is 286 g/mol. The summed E-state index contributed by atoms with van der Waals surface area (Å²) in [4.78, 5) is 17.2. The minimum atomic E-state index is -0.0248. The molecule has 2 aliphatic rings. The summed E-state index contributed by atoms with van der Waals surface area (Å²) in [6.45, 7) is 6.60. The molecule has 0 radical (unpaired) electrons. The Morgan fingerprint density at radius 1 is 1.22 bits per heavy atom. The van der Waals surface area contributed by atoms with E-state index in [1.165, 1.54) is 45.1 Å². The number of hydrogen-bond acceptors (Lipinski definition) is 3. The van der Waals surface area contributed by atoms with E-state index in [1.807, 2.05) is 6.92 Å². The van der Waals surface area contributed by atoms with E-state index < -0.39 is 0 Å². The Balaban J connectivity index is 1.70. The van der Waals surface area contributed by atoms with Gasteiger partial charge in [-0.15, -0.1) is 0 Å². The fourth-order valence-electron chi connectivity index (χ4n) is 3.98. The molecule has 1 amide bonds. The molecular formula is C19H37N3O. The molecule has 0 aromatic heterocycles. The van der Waals surface area contributed by atoms with Crippen molar-refractivity contribution in [3.63, 3.8) is 0 Å². The molecule has 1 heterocycles. The van der Waals surface area contributed by atoms with Gasteiger partial charge >= 0.3 is 0 Å². The number of rotatable bonds is 6. The highest BCUT2D eigenvalue weighted by Gasteiger charge is 2.25. The third-order valence-corrected chi connectivity index (χ3v) is 6.14. The van der Waals surface area contributed by atoms with Crippen molar-refractivity contribution in [1.29, 1.82) is 0 Å². The van der Waals surface area contributed by atoms with Gasteiger partial charge in [0, 0.05) is 18.6 Å². The van der Waals surface area contributed by atoms with Crippen LogP contribution in [0.25, 0.3) is 0 Å². The lowest BCUT2D eigenvalue weighted by molar-refractivity contribution is -0.126. The van der Waals surface area contributed by atoms with Crippen LogP contribution in [0.4, 0.5) is 0 Å². The van der Waals surface area contributed by atoms with Gasteiger partial charge in [0.2, 0.25) is 5.91 Å². The van der Waals surface area contributed by atoms with Crippen molar-refractivity contribution < 1.29 is 4.79 Å². The highest BCUT2D eigenvalue weighted by molar-refractivity contribution is 5.81. The first-order valence-electron chi connectivity index (χ1n) is 9.68. The fourth-order valence-corrected chi connectivity index (χ4v) is 3.98. The molecule has 2 rings (SSSR count). The third kappa shape index (κ3) is 5.75. The summed E-state index contributed by atoms with van der Waals surface area (Å²) in [6.07, 6.45) is 9.98. The van der Waals surface area contributed by atoms with Crippen molar-refractivity contribution in [2.75, 3.05) is 27.2 Å². The Morgan fingerprint density at radius 3 is 2.57 bits per heavy atom. The van der Waals surface area contributed by atoms with Gasteiger partial charge in [-0.1, -0.05) is 13.3 Å². The van der Waals surface area contributed by atoms with Crippen molar-refractivity contribution in [2.24, 2.45) is 5.92 Å². The molecule has 2 fully saturated rings. The Bertz CT molecular complexity index is 366. The van der Waals surface area contributed by atoms with E-state index in [1.54, 1.807) is 0 Å². The molecule has 1 aliphatic carbocycles. The van der Waals surface area contributed by atoms with E-state index in [0.717, 1.165) is 25.3 Å². The zero-order chi connectivity index (χ0) is 16.8. The topological polar surface area (TPSA) is 35.6 Å². The van der Waals surface area contributed by atoms with Gasteiger partial charge < -0.3 is 10.2 Å². The Hall–Kier alpha value is -0.610. The highest BCUT2D eigenvalue weighted by atomic mass is 16.2. The molecule has 1 saturated carbocycles. The van der Waals surface area contributed by atoms with E-state index in [9.17, 15) is 4.79 Å². The maximum absolute atomic E-state index is 12.5. The molecule has 0 spiro atoms. The van der Waals surface area contributed by atoms with Gasteiger partial charge in [0.05, 0.1) is 6.04 Å². The Morgan fingerprint density at radius 2 is 1.91 bits per heavy atom. The molecule has 23 heavy (non-hydrogen) atoms. The first-order chi connectivity index (χ1) is 11.0. The average Bonchev–Trinajstić information content (AvgIpc) is 2.55. The van der Waals surface area contributed by atoms with Crippen LogP contribution in [-0.2, 0) is 4.79 Å². The van der Waals surface area contributed by atoms with Crippen molar-refractivity contribution in [2.45, 2.75) is 83.3 Å². The van der Waals surface area contributed by atoms with Crippen LogP contribution in [0.3, 0.4) is 0 Å². The number of carbonyl (C=O) groups is 1. The second kappa shape index (κ2) is 9.03. The van der Waals surface area contributed by atoms with Gasteiger partial charge in [-0.05, 0) is 78.4 Å². The minimum absolute atomic E-state index is 0.0248. The SMILES string of the molecule is CC1CCC(NC(=O)[C@H](C)N(C)CC[C@H]2CCCCN2C)CC1. The average molecular weight is 324 g/mol. The monoisotopic (exact) mass is 323 g/mol. The molecule has 0 aromatic rings. The maximum Gasteiger partial charge on any atom is 0.237 e. The standard InChI is InChI=1S/C19H37N3O/c1-15-8-10-17(11-9-15)20-19(23)16(2)21(3)14-12-18-7-5-6-13-22(18)4/h15-18H,5-14H2,1-4H3,(H,20,23)/t15?,16-,17?,18+/m0/s1. The molecule has 1 aliphatic heterocycles. The number of nitrogens with one attached hydrogen (secondary N) is 1. The summed E-state index contributed by atoms with van der Waals surface area (Å²) in [5, 5.41) is 3.28. The predicted molar refractivity (Wildman–Crippen MR) is 96.5 cm³/mol. The summed E-state index contributed by atoms with van der Waals surface area (Å²) < 4.78 is 0. The number of likely N-dealkylation sites (N-methyl/N-ethyl adjacent to an activating group) is 1. The number of amides is 1. The molecule has 4 heteroatoms.